The molecular weight excluding hydrogens is 574 g/mol. The number of benzene rings is 4. The summed E-state index contributed by atoms with van der Waals surface area (Å²) in [6.07, 6.45) is -3.24. The van der Waals surface area contributed by atoms with Crippen LogP contribution < -0.4 is 0 Å². The average Bonchev–Trinajstić information content (AvgIpc) is 3.03. The summed E-state index contributed by atoms with van der Waals surface area (Å²) < 4.78 is 50.4. The average molecular weight is 606 g/mol. The zero-order valence-electron chi connectivity index (χ0n) is 23.1. The van der Waals surface area contributed by atoms with Gasteiger partial charge < -0.3 is 19.0 Å². The third-order valence-corrected chi connectivity index (χ3v) is 7.73. The van der Waals surface area contributed by atoms with Gasteiger partial charge in [-0.25, -0.2) is 0 Å². The Kier molecular flexibility index (Phi) is 11.7. The number of hydrogen-bond donors (Lipinski definition) is 0. The third kappa shape index (κ3) is 9.63. The number of carbonyl (C=O) groups excluding carboxylic acids is 1. The van der Waals surface area contributed by atoms with Crippen LogP contribution in [0.4, 0.5) is 5.69 Å². The van der Waals surface area contributed by atoms with Crippen LogP contribution in [0.3, 0.4) is 0 Å². The van der Waals surface area contributed by atoms with Crippen LogP contribution in [0.5, 0.6) is 0 Å². The topological polar surface area (TPSA) is 131 Å². The summed E-state index contributed by atoms with van der Waals surface area (Å²) in [5.41, 5.74) is 2.14. The fourth-order valence-electron chi connectivity index (χ4n) is 4.16. The minimum atomic E-state index is -4.49. The van der Waals surface area contributed by atoms with Gasteiger partial charge in [-0.2, -0.15) is 8.42 Å². The number of non-ortho nitro benzene ring substituents is 1. The minimum Gasteiger partial charge on any atom is -0.374 e. The third-order valence-electron chi connectivity index (χ3n) is 6.38. The van der Waals surface area contributed by atoms with Crippen LogP contribution >= 0.6 is 0 Å². The highest BCUT2D eigenvalue weighted by atomic mass is 32.2. The standard InChI is InChI=1S/C32H31NO9S/c34-20-30(40-22-26-12-6-2-7-13-26)32(41-23-27-14-8-3-9-15-27)31(24-39-21-25-10-4-1-5-11-25)42-43(37,38)29-18-16-28(17-19-29)33(35)36/h1-20,30-32H,21-24H2/t30-,31+,32+/m0/s1. The van der Waals surface area contributed by atoms with E-state index >= 15 is 0 Å². The van der Waals surface area contributed by atoms with E-state index in [-0.39, 0.29) is 37.0 Å². The highest BCUT2D eigenvalue weighted by molar-refractivity contribution is 7.86. The Labute approximate surface area is 250 Å². The zero-order valence-corrected chi connectivity index (χ0v) is 24.0. The van der Waals surface area contributed by atoms with Crippen molar-refractivity contribution in [3.8, 4) is 0 Å². The van der Waals surface area contributed by atoms with Crippen LogP contribution in [0.25, 0.3) is 0 Å². The highest BCUT2D eigenvalue weighted by Gasteiger charge is 2.36. The molecule has 0 aromatic heterocycles. The van der Waals surface area contributed by atoms with Crippen molar-refractivity contribution in [2.24, 2.45) is 0 Å². The van der Waals surface area contributed by atoms with E-state index in [1.165, 1.54) is 0 Å². The predicted molar refractivity (Wildman–Crippen MR) is 157 cm³/mol. The van der Waals surface area contributed by atoms with Gasteiger partial charge in [0.25, 0.3) is 15.8 Å². The summed E-state index contributed by atoms with van der Waals surface area (Å²) in [7, 11) is -4.49. The van der Waals surface area contributed by atoms with Crippen LogP contribution in [0.1, 0.15) is 16.7 Å². The van der Waals surface area contributed by atoms with E-state index in [0.29, 0.717) is 6.29 Å². The number of nitro groups is 1. The smallest absolute Gasteiger partial charge is 0.297 e. The maximum absolute atomic E-state index is 13.4. The normalized spacial score (nSPS) is 13.6. The largest absolute Gasteiger partial charge is 0.374 e. The molecule has 0 spiro atoms. The van der Waals surface area contributed by atoms with Crippen molar-refractivity contribution in [2.45, 2.75) is 43.0 Å². The van der Waals surface area contributed by atoms with Crippen LogP contribution in [-0.4, -0.2) is 44.5 Å². The molecule has 0 saturated carbocycles. The fraction of sp³-hybridized carbons (Fsp3) is 0.219. The molecule has 224 valence electrons. The van der Waals surface area contributed by atoms with Gasteiger partial charge in [-0.3, -0.25) is 14.3 Å². The molecule has 4 aromatic carbocycles. The van der Waals surface area contributed by atoms with Crippen LogP contribution in [0.2, 0.25) is 0 Å². The molecule has 0 N–H and O–H groups in total. The first kappa shape index (κ1) is 31.7. The number of ether oxygens (including phenoxy) is 3. The second-order valence-corrected chi connectivity index (χ2v) is 11.1. The van der Waals surface area contributed by atoms with Crippen molar-refractivity contribution < 1.29 is 36.5 Å². The Morgan fingerprint density at radius 1 is 0.698 bits per heavy atom. The van der Waals surface area contributed by atoms with Gasteiger partial charge in [0.1, 0.15) is 18.3 Å². The molecule has 0 saturated heterocycles. The van der Waals surface area contributed by atoms with Crippen LogP contribution in [0.15, 0.2) is 120 Å². The Balaban J connectivity index is 1.62. The summed E-state index contributed by atoms with van der Waals surface area (Å²) in [5, 5.41) is 11.1. The molecule has 10 nitrogen and oxygen atoms in total. The second kappa shape index (κ2) is 15.8. The molecule has 0 fully saturated rings. The lowest BCUT2D eigenvalue weighted by atomic mass is 10.1. The molecule has 0 radical (unpaired) electrons. The van der Waals surface area contributed by atoms with E-state index in [4.69, 9.17) is 18.4 Å². The first-order chi connectivity index (χ1) is 20.9. The summed E-state index contributed by atoms with van der Waals surface area (Å²) in [6.45, 7) is -0.0529. The van der Waals surface area contributed by atoms with E-state index in [2.05, 4.69) is 0 Å². The van der Waals surface area contributed by atoms with Crippen LogP contribution in [0, 0.1) is 10.1 Å². The van der Waals surface area contributed by atoms with Crippen molar-refractivity contribution in [1.82, 2.24) is 0 Å². The Bertz CT molecular complexity index is 1530. The molecule has 0 unspecified atom stereocenters. The van der Waals surface area contributed by atoms with Gasteiger partial charge >= 0.3 is 0 Å². The van der Waals surface area contributed by atoms with Gasteiger partial charge in [-0.1, -0.05) is 91.0 Å². The molecule has 3 atom stereocenters. The van der Waals surface area contributed by atoms with Gasteiger partial charge in [0.05, 0.1) is 36.2 Å². The quantitative estimate of drug-likeness (QED) is 0.0685. The number of carbonyl (C=O) groups is 1. The van der Waals surface area contributed by atoms with E-state index in [0.717, 1.165) is 41.0 Å². The van der Waals surface area contributed by atoms with Crippen molar-refractivity contribution in [1.29, 1.82) is 0 Å². The molecule has 0 amide bonds. The number of nitrogens with zero attached hydrogens (tertiary/aromatic N) is 1. The summed E-state index contributed by atoms with van der Waals surface area (Å²) in [4.78, 5) is 22.5. The molecule has 4 aromatic rings. The van der Waals surface area contributed by atoms with E-state index in [9.17, 15) is 23.3 Å². The maximum Gasteiger partial charge on any atom is 0.297 e. The fourth-order valence-corrected chi connectivity index (χ4v) is 5.23. The molecule has 0 aliphatic rings. The van der Waals surface area contributed by atoms with Crippen molar-refractivity contribution in [3.63, 3.8) is 0 Å². The molecule has 0 aliphatic heterocycles. The number of nitro benzene ring substituents is 1. The van der Waals surface area contributed by atoms with Crippen molar-refractivity contribution >= 4 is 22.1 Å². The summed E-state index contributed by atoms with van der Waals surface area (Å²) in [6, 6.07) is 31.9. The number of aldehydes is 1. The van der Waals surface area contributed by atoms with Gasteiger partial charge in [-0.15, -0.1) is 0 Å². The Hall–Kier alpha value is -4.26. The lowest BCUT2D eigenvalue weighted by molar-refractivity contribution is -0.384. The molecule has 43 heavy (non-hydrogen) atoms. The van der Waals surface area contributed by atoms with Gasteiger partial charge in [0.15, 0.2) is 6.29 Å². The predicted octanol–water partition coefficient (Wildman–Crippen LogP) is 5.26. The SMILES string of the molecule is O=C[C@H](OCc1ccccc1)[C@@H](OCc1ccccc1)[C@@H](COCc1ccccc1)OS(=O)(=O)c1ccc([N+](=O)[O-])cc1. The minimum absolute atomic E-state index is 0.0284. The molecule has 4 rings (SSSR count). The zero-order chi connectivity index (χ0) is 30.5. The van der Waals surface area contributed by atoms with Gasteiger partial charge in [-0.05, 0) is 28.8 Å². The summed E-state index contributed by atoms with van der Waals surface area (Å²) in [5.74, 6) is 0. The molecule has 0 bridgehead atoms. The number of hydrogen-bond acceptors (Lipinski definition) is 9. The first-order valence-electron chi connectivity index (χ1n) is 13.4. The summed E-state index contributed by atoms with van der Waals surface area (Å²) >= 11 is 0. The van der Waals surface area contributed by atoms with Crippen LogP contribution in [-0.2, 0) is 53.1 Å². The highest BCUT2D eigenvalue weighted by Crippen LogP contribution is 2.23. The first-order valence-corrected chi connectivity index (χ1v) is 14.8. The number of rotatable bonds is 17. The van der Waals surface area contributed by atoms with Gasteiger partial charge in [0, 0.05) is 12.1 Å². The molecule has 11 heteroatoms. The molecule has 0 heterocycles. The lowest BCUT2D eigenvalue weighted by Crippen LogP contribution is -2.46. The molecule has 0 aliphatic carbocycles. The van der Waals surface area contributed by atoms with E-state index in [1.54, 1.807) is 0 Å². The Morgan fingerprint density at radius 3 is 1.67 bits per heavy atom. The van der Waals surface area contributed by atoms with Crippen molar-refractivity contribution in [3.05, 3.63) is 142 Å². The lowest BCUT2D eigenvalue weighted by Gasteiger charge is -2.30. The van der Waals surface area contributed by atoms with E-state index < -0.39 is 33.4 Å². The van der Waals surface area contributed by atoms with Gasteiger partial charge in [0.2, 0.25) is 0 Å². The van der Waals surface area contributed by atoms with Crippen molar-refractivity contribution in [2.75, 3.05) is 6.61 Å². The second-order valence-electron chi connectivity index (χ2n) is 9.50. The monoisotopic (exact) mass is 605 g/mol. The maximum atomic E-state index is 13.4. The Morgan fingerprint density at radius 2 is 1.19 bits per heavy atom. The van der Waals surface area contributed by atoms with E-state index in [1.807, 2.05) is 91.0 Å². The molecular formula is C32H31NO9S.